The van der Waals surface area contributed by atoms with Crippen molar-refractivity contribution in [3.63, 3.8) is 0 Å². The van der Waals surface area contributed by atoms with Crippen LogP contribution >= 0.6 is 73.3 Å². The Morgan fingerprint density at radius 1 is 0.205 bits per heavy atom. The van der Waals surface area contributed by atoms with Crippen LogP contribution in [0, 0.1) is 0 Å². The molecule has 6 nitrogen and oxygen atoms in total. The third-order valence-corrected chi connectivity index (χ3v) is 14.0. The van der Waals surface area contributed by atoms with E-state index in [1.165, 1.54) is 154 Å². The molecule has 432 valence electrons. The predicted molar refractivity (Wildman–Crippen MR) is 368 cm³/mol. The fourth-order valence-corrected chi connectivity index (χ4v) is 8.14. The molecule has 0 aromatic rings. The molecule has 0 aliphatic rings. The molecule has 0 amide bonds. The summed E-state index contributed by atoms with van der Waals surface area (Å²) in [7, 11) is 0. The van der Waals surface area contributed by atoms with Crippen molar-refractivity contribution in [1.82, 2.24) is 29.4 Å². The van der Waals surface area contributed by atoms with Crippen LogP contribution < -0.4 is 0 Å². The summed E-state index contributed by atoms with van der Waals surface area (Å²) in [6.07, 6.45) is 28.8. The topological polar surface area (TPSA) is 19.4 Å². The minimum absolute atomic E-state index is 0. The molecule has 0 aromatic carbocycles. The normalized spacial score (nSPS) is 9.70. The van der Waals surface area contributed by atoms with Crippen LogP contribution in [0.4, 0.5) is 0 Å². The second-order valence-corrected chi connectivity index (χ2v) is 24.0. The second kappa shape index (κ2) is 71.4. The SMILES string of the molecule is CCCCN(CCCC)C(=S)[S-].CCCCN(CCCC)C(=S)[S-].CCCCN(CCCC)C(=S)[S-].CCCCN(CCCC)C(=S)[S-].CCCCN(CCCC)C(=S)[S-].CCCCN(CCCC)C(=S)[S-].[Mo+6]. The van der Waals surface area contributed by atoms with Crippen molar-refractivity contribution < 1.29 is 21.1 Å². The molecule has 19 heteroatoms. The quantitative estimate of drug-likeness (QED) is 0.0337. The Morgan fingerprint density at radius 3 is 0.315 bits per heavy atom. The van der Waals surface area contributed by atoms with Crippen LogP contribution in [0.2, 0.25) is 0 Å². The summed E-state index contributed by atoms with van der Waals surface area (Å²) in [5, 5.41) is 0. The number of hydrogen-bond acceptors (Lipinski definition) is 12. The molecule has 0 atom stereocenters. The first-order valence-corrected chi connectivity index (χ1v) is 33.0. The van der Waals surface area contributed by atoms with Crippen molar-refractivity contribution in [2.45, 2.75) is 237 Å². The maximum Gasteiger partial charge on any atom is 6.00 e. The molecular formula is C54H108MoN6S12. The Kier molecular flexibility index (Phi) is 86.2. The summed E-state index contributed by atoms with van der Waals surface area (Å²) in [6, 6.07) is 0. The standard InChI is InChI=1S/6C9H19NS2.Mo/c6*1-3-5-7-10(9(11)12)8-6-4-2;/h6*3-8H2,1-2H3,(H,11,12);/q;;;;;;+6/p-6. The van der Waals surface area contributed by atoms with Crippen LogP contribution in [-0.2, 0) is 96.8 Å². The zero-order valence-electron chi connectivity index (χ0n) is 48.4. The van der Waals surface area contributed by atoms with E-state index in [-0.39, 0.29) is 21.1 Å². The first kappa shape index (κ1) is 88.2. The molecule has 0 saturated carbocycles. The first-order chi connectivity index (χ1) is 34.3. The minimum atomic E-state index is 0. The van der Waals surface area contributed by atoms with Gasteiger partial charge in [0.2, 0.25) is 0 Å². The van der Waals surface area contributed by atoms with Crippen molar-refractivity contribution in [3.8, 4) is 0 Å². The van der Waals surface area contributed by atoms with Crippen molar-refractivity contribution in [2.24, 2.45) is 0 Å². The second-order valence-electron chi connectivity index (χ2n) is 17.8. The molecular weight excluding hydrogens is 1210 g/mol. The summed E-state index contributed by atoms with van der Waals surface area (Å²) < 4.78 is 3.82. The molecule has 0 aromatic heterocycles. The van der Waals surface area contributed by atoms with Gasteiger partial charge in [-0.25, -0.2) is 0 Å². The summed E-state index contributed by atoms with van der Waals surface area (Å²) in [5.41, 5.74) is 0. The molecule has 0 N–H and O–H groups in total. The van der Waals surface area contributed by atoms with Gasteiger partial charge in [-0.15, -0.1) is 0 Å². The Bertz CT molecular complexity index is 946. The van der Waals surface area contributed by atoms with E-state index in [1.807, 2.05) is 0 Å². The van der Waals surface area contributed by atoms with E-state index in [0.29, 0.717) is 25.9 Å². The third-order valence-electron chi connectivity index (χ3n) is 10.9. The molecule has 0 aliphatic carbocycles. The number of nitrogens with zero attached hydrogens (tertiary/aromatic N) is 6. The molecule has 0 saturated heterocycles. The van der Waals surface area contributed by atoms with Gasteiger partial charge < -0.3 is 178 Å². The zero-order chi connectivity index (χ0) is 56.4. The number of thiocarbonyl (C=S) groups is 6. The molecule has 0 fully saturated rings. The smallest absolute Gasteiger partial charge is 0.411 e. The number of hydrogen-bond donors (Lipinski definition) is 0. The summed E-state index contributed by atoms with van der Waals surface area (Å²) >= 11 is 59.8. The van der Waals surface area contributed by atoms with E-state index in [9.17, 15) is 0 Å². The van der Waals surface area contributed by atoms with Gasteiger partial charge in [0.15, 0.2) is 0 Å². The molecule has 0 radical (unpaired) electrons. The Hall–Kier alpha value is 1.35. The van der Waals surface area contributed by atoms with Crippen molar-refractivity contribution in [2.75, 3.05) is 78.5 Å². The van der Waals surface area contributed by atoms with Gasteiger partial charge >= 0.3 is 21.1 Å². The molecule has 0 heterocycles. The fourth-order valence-electron chi connectivity index (χ4n) is 5.95. The molecule has 0 rings (SSSR count). The molecule has 0 spiro atoms. The van der Waals surface area contributed by atoms with Gasteiger partial charge in [-0.1, -0.05) is 186 Å². The largest absolute Gasteiger partial charge is 6.00 e. The fraction of sp³-hybridized carbons (Fsp3) is 0.889. The zero-order valence-corrected chi connectivity index (χ0v) is 60.3. The molecule has 0 bridgehead atoms. The van der Waals surface area contributed by atoms with Gasteiger partial charge in [0.05, 0.1) is 0 Å². The summed E-state index contributed by atoms with van der Waals surface area (Å²) in [5.74, 6) is 0. The van der Waals surface area contributed by atoms with Crippen LogP contribution in [0.3, 0.4) is 0 Å². The van der Waals surface area contributed by atoms with E-state index in [1.54, 1.807) is 0 Å². The molecule has 0 unspecified atom stereocenters. The maximum absolute atomic E-state index is 4.98. The van der Waals surface area contributed by atoms with Crippen LogP contribution in [0.1, 0.15) is 237 Å². The van der Waals surface area contributed by atoms with Gasteiger partial charge in [-0.05, 0) is 77.0 Å². The van der Waals surface area contributed by atoms with Crippen LogP contribution in [0.15, 0.2) is 0 Å². The average molecular weight is 1320 g/mol. The third kappa shape index (κ3) is 69.4. The monoisotopic (exact) mass is 1320 g/mol. The van der Waals surface area contributed by atoms with Crippen LogP contribution in [0.5, 0.6) is 0 Å². The van der Waals surface area contributed by atoms with E-state index in [2.05, 4.69) is 112 Å². The van der Waals surface area contributed by atoms with Crippen molar-refractivity contribution in [3.05, 3.63) is 0 Å². The van der Waals surface area contributed by atoms with Gasteiger partial charge in [0.25, 0.3) is 0 Å². The van der Waals surface area contributed by atoms with E-state index < -0.39 is 0 Å². The number of unbranched alkanes of at least 4 members (excludes halogenated alkanes) is 12. The van der Waals surface area contributed by atoms with Crippen LogP contribution in [-0.4, -0.2) is 134 Å². The van der Waals surface area contributed by atoms with Gasteiger partial charge in [0.1, 0.15) is 0 Å². The van der Waals surface area contributed by atoms with Crippen LogP contribution in [0.25, 0.3) is 0 Å². The van der Waals surface area contributed by atoms with Crippen molar-refractivity contribution in [1.29, 1.82) is 0 Å². The summed E-state index contributed by atoms with van der Waals surface area (Å²) in [4.78, 5) is 12.8. The molecule has 73 heavy (non-hydrogen) atoms. The Labute approximate surface area is 535 Å². The average Bonchev–Trinajstić information content (AvgIpc) is 3.34. The van der Waals surface area contributed by atoms with E-state index >= 15 is 0 Å². The minimum Gasteiger partial charge on any atom is -0.411 e. The van der Waals surface area contributed by atoms with Gasteiger partial charge in [-0.3, -0.25) is 0 Å². The van der Waals surface area contributed by atoms with E-state index in [0.717, 1.165) is 78.5 Å². The van der Waals surface area contributed by atoms with Gasteiger partial charge in [-0.2, -0.15) is 0 Å². The number of rotatable bonds is 36. The summed E-state index contributed by atoms with van der Waals surface area (Å²) in [6.45, 7) is 38.7. The van der Waals surface area contributed by atoms with Crippen molar-refractivity contribution >= 4 is 175 Å². The Balaban J connectivity index is -0.000000143. The maximum atomic E-state index is 4.98. The predicted octanol–water partition coefficient (Wildman–Crippen LogP) is 16.3. The van der Waals surface area contributed by atoms with E-state index in [4.69, 9.17) is 149 Å². The first-order valence-electron chi connectivity index (χ1n) is 28.1. The van der Waals surface area contributed by atoms with Gasteiger partial charge in [0, 0.05) is 78.5 Å². The molecule has 0 aliphatic heterocycles. The Morgan fingerprint density at radius 2 is 0.274 bits per heavy atom.